The van der Waals surface area contributed by atoms with Crippen LogP contribution in [-0.4, -0.2) is 11.5 Å². The lowest BCUT2D eigenvalue weighted by Crippen LogP contribution is -1.83. The lowest BCUT2D eigenvalue weighted by Gasteiger charge is -1.98. The van der Waals surface area contributed by atoms with Crippen molar-refractivity contribution in [2.24, 2.45) is 0 Å². The Balaban J connectivity index is 2.04. The van der Waals surface area contributed by atoms with Crippen LogP contribution in [-0.2, 0) is 0 Å². The van der Waals surface area contributed by atoms with E-state index in [2.05, 4.69) is 25.2 Å². The summed E-state index contributed by atoms with van der Waals surface area (Å²) in [4.78, 5) is 0. The SMILES string of the molecule is CCSCCC1=CC=CC1. The quantitative estimate of drug-likeness (QED) is 0.561. The Morgan fingerprint density at radius 2 is 2.50 bits per heavy atom. The molecule has 0 N–H and O–H groups in total. The third kappa shape index (κ3) is 2.61. The molecule has 0 bridgehead atoms. The van der Waals surface area contributed by atoms with Crippen molar-refractivity contribution in [3.8, 4) is 0 Å². The molecule has 0 aliphatic heterocycles. The smallest absolute Gasteiger partial charge is 0.00301 e. The third-order valence-corrected chi connectivity index (χ3v) is 2.52. The zero-order valence-corrected chi connectivity index (χ0v) is 7.29. The predicted octanol–water partition coefficient (Wildman–Crippen LogP) is 3.02. The maximum absolute atomic E-state index is 2.25. The lowest BCUT2D eigenvalue weighted by molar-refractivity contribution is 1.06. The average molecular weight is 154 g/mol. The molecule has 0 aromatic rings. The van der Waals surface area contributed by atoms with E-state index in [1.54, 1.807) is 5.57 Å². The molecule has 1 rings (SSSR count). The summed E-state index contributed by atoms with van der Waals surface area (Å²) in [5, 5.41) is 0. The topological polar surface area (TPSA) is 0 Å². The highest BCUT2D eigenvalue weighted by Gasteiger charge is 1.97. The van der Waals surface area contributed by atoms with Crippen molar-refractivity contribution in [1.29, 1.82) is 0 Å². The first-order valence-corrected chi connectivity index (χ1v) is 5.01. The van der Waals surface area contributed by atoms with Crippen molar-refractivity contribution in [3.05, 3.63) is 23.8 Å². The highest BCUT2D eigenvalue weighted by Crippen LogP contribution is 2.16. The van der Waals surface area contributed by atoms with E-state index >= 15 is 0 Å². The predicted molar refractivity (Wildman–Crippen MR) is 49.5 cm³/mol. The summed E-state index contributed by atoms with van der Waals surface area (Å²) in [5.41, 5.74) is 1.60. The first-order chi connectivity index (χ1) is 4.93. The van der Waals surface area contributed by atoms with Gasteiger partial charge in [-0.25, -0.2) is 0 Å². The molecule has 1 aliphatic carbocycles. The van der Waals surface area contributed by atoms with Gasteiger partial charge in [-0.3, -0.25) is 0 Å². The monoisotopic (exact) mass is 154 g/mol. The van der Waals surface area contributed by atoms with Crippen molar-refractivity contribution < 1.29 is 0 Å². The first kappa shape index (κ1) is 7.93. The van der Waals surface area contributed by atoms with Gasteiger partial charge in [0.25, 0.3) is 0 Å². The van der Waals surface area contributed by atoms with Crippen LogP contribution in [0.3, 0.4) is 0 Å². The van der Waals surface area contributed by atoms with Gasteiger partial charge in [0.05, 0.1) is 0 Å². The van der Waals surface area contributed by atoms with Crippen LogP contribution in [0.4, 0.5) is 0 Å². The van der Waals surface area contributed by atoms with Crippen molar-refractivity contribution in [3.63, 3.8) is 0 Å². The minimum atomic E-state index is 1.20. The van der Waals surface area contributed by atoms with Gasteiger partial charge in [-0.2, -0.15) is 11.8 Å². The van der Waals surface area contributed by atoms with Crippen molar-refractivity contribution >= 4 is 11.8 Å². The summed E-state index contributed by atoms with van der Waals surface area (Å²) in [6, 6.07) is 0. The van der Waals surface area contributed by atoms with Crippen LogP contribution in [0, 0.1) is 0 Å². The molecule has 0 unspecified atom stereocenters. The second-order valence-corrected chi connectivity index (χ2v) is 3.80. The summed E-state index contributed by atoms with van der Waals surface area (Å²) in [5.74, 6) is 2.55. The van der Waals surface area contributed by atoms with Gasteiger partial charge in [-0.1, -0.05) is 30.7 Å². The lowest BCUT2D eigenvalue weighted by atomic mass is 10.2. The zero-order chi connectivity index (χ0) is 7.23. The molecule has 56 valence electrons. The van der Waals surface area contributed by atoms with E-state index in [0.29, 0.717) is 0 Å². The van der Waals surface area contributed by atoms with Gasteiger partial charge in [0.15, 0.2) is 0 Å². The number of hydrogen-bond acceptors (Lipinski definition) is 1. The van der Waals surface area contributed by atoms with Crippen molar-refractivity contribution in [2.75, 3.05) is 11.5 Å². The fourth-order valence-electron chi connectivity index (χ4n) is 1.02. The summed E-state index contributed by atoms with van der Waals surface area (Å²) in [7, 11) is 0. The highest BCUT2D eigenvalue weighted by molar-refractivity contribution is 7.99. The first-order valence-electron chi connectivity index (χ1n) is 3.86. The molecule has 0 radical (unpaired) electrons. The number of allylic oxidation sites excluding steroid dienone is 4. The van der Waals surface area contributed by atoms with Crippen LogP contribution < -0.4 is 0 Å². The molecule has 1 aliphatic rings. The van der Waals surface area contributed by atoms with E-state index in [9.17, 15) is 0 Å². The van der Waals surface area contributed by atoms with Gasteiger partial charge in [0.2, 0.25) is 0 Å². The van der Waals surface area contributed by atoms with E-state index in [0.717, 1.165) is 0 Å². The van der Waals surface area contributed by atoms with Crippen LogP contribution >= 0.6 is 11.8 Å². The molecule has 0 atom stereocenters. The molecular formula is C9H14S. The Bertz CT molecular complexity index is 145. The number of rotatable bonds is 4. The third-order valence-electron chi connectivity index (χ3n) is 1.62. The molecule has 0 spiro atoms. The molecule has 0 amide bonds. The molecule has 0 aromatic heterocycles. The molecule has 0 fully saturated rings. The van der Waals surface area contributed by atoms with Gasteiger partial charge in [-0.05, 0) is 24.3 Å². The highest BCUT2D eigenvalue weighted by atomic mass is 32.2. The maximum atomic E-state index is 2.25. The van der Waals surface area contributed by atoms with E-state index in [-0.39, 0.29) is 0 Å². The minimum absolute atomic E-state index is 1.20. The summed E-state index contributed by atoms with van der Waals surface area (Å²) < 4.78 is 0. The normalized spacial score (nSPS) is 15.9. The van der Waals surface area contributed by atoms with Crippen LogP contribution in [0.15, 0.2) is 23.8 Å². The van der Waals surface area contributed by atoms with Gasteiger partial charge in [0.1, 0.15) is 0 Å². The summed E-state index contributed by atoms with van der Waals surface area (Å²) >= 11 is 2.03. The van der Waals surface area contributed by atoms with E-state index < -0.39 is 0 Å². The van der Waals surface area contributed by atoms with Gasteiger partial charge >= 0.3 is 0 Å². The number of hydrogen-bond donors (Lipinski definition) is 0. The average Bonchev–Trinajstić information content (AvgIpc) is 2.41. The summed E-state index contributed by atoms with van der Waals surface area (Å²) in [6.07, 6.45) is 9.11. The molecule has 1 heteroatoms. The molecule has 0 saturated heterocycles. The zero-order valence-electron chi connectivity index (χ0n) is 6.47. The Morgan fingerprint density at radius 3 is 3.10 bits per heavy atom. The second-order valence-electron chi connectivity index (χ2n) is 2.40. The Labute approximate surface area is 67.4 Å². The maximum Gasteiger partial charge on any atom is -0.00301 e. The molecule has 0 saturated carbocycles. The summed E-state index contributed by atoms with van der Waals surface area (Å²) in [6.45, 7) is 2.21. The van der Waals surface area contributed by atoms with Crippen LogP contribution in [0.5, 0.6) is 0 Å². The Kier molecular flexibility index (Phi) is 3.66. The van der Waals surface area contributed by atoms with E-state index in [1.165, 1.54) is 24.3 Å². The van der Waals surface area contributed by atoms with Crippen LogP contribution in [0.2, 0.25) is 0 Å². The molecule has 10 heavy (non-hydrogen) atoms. The largest absolute Gasteiger partial charge is 0.162 e. The fourth-order valence-corrected chi connectivity index (χ4v) is 1.72. The fraction of sp³-hybridized carbons (Fsp3) is 0.556. The minimum Gasteiger partial charge on any atom is -0.162 e. The van der Waals surface area contributed by atoms with Gasteiger partial charge < -0.3 is 0 Å². The molecule has 0 nitrogen and oxygen atoms in total. The van der Waals surface area contributed by atoms with Gasteiger partial charge in [0, 0.05) is 0 Å². The number of thioether (sulfide) groups is 1. The van der Waals surface area contributed by atoms with E-state index in [1.807, 2.05) is 11.8 Å². The molecule has 0 heterocycles. The van der Waals surface area contributed by atoms with E-state index in [4.69, 9.17) is 0 Å². The molecule has 0 aromatic carbocycles. The molecular weight excluding hydrogens is 140 g/mol. The van der Waals surface area contributed by atoms with Crippen LogP contribution in [0.1, 0.15) is 19.8 Å². The Morgan fingerprint density at radius 1 is 1.60 bits per heavy atom. The Hall–Kier alpha value is -0.170. The van der Waals surface area contributed by atoms with Crippen molar-refractivity contribution in [2.45, 2.75) is 19.8 Å². The second kappa shape index (κ2) is 4.62. The van der Waals surface area contributed by atoms with Crippen LogP contribution in [0.25, 0.3) is 0 Å². The standard InChI is InChI=1S/C9H14S/c1-2-10-8-7-9-5-3-4-6-9/h3-5H,2,6-8H2,1H3. The van der Waals surface area contributed by atoms with Gasteiger partial charge in [-0.15, -0.1) is 0 Å². The van der Waals surface area contributed by atoms with Crippen molar-refractivity contribution in [1.82, 2.24) is 0 Å².